The van der Waals surface area contributed by atoms with E-state index in [1.165, 1.54) is 4.90 Å². The van der Waals surface area contributed by atoms with Crippen molar-refractivity contribution in [1.29, 1.82) is 0 Å². The Bertz CT molecular complexity index is 1030. The first-order valence-corrected chi connectivity index (χ1v) is 12.0. The molecular weight excluding hydrogens is 442 g/mol. The quantitative estimate of drug-likeness (QED) is 0.551. The van der Waals surface area contributed by atoms with E-state index in [-0.39, 0.29) is 17.9 Å². The number of hydrogen-bond acceptors (Lipinski definition) is 4. The number of carbonyl (C=O) groups excluding carboxylic acids is 3. The maximum atomic E-state index is 13.8. The van der Waals surface area contributed by atoms with Crippen LogP contribution in [-0.2, 0) is 14.3 Å². The van der Waals surface area contributed by atoms with Crippen molar-refractivity contribution in [2.45, 2.75) is 86.0 Å². The van der Waals surface area contributed by atoms with Crippen molar-refractivity contribution in [3.63, 3.8) is 0 Å². The first kappa shape index (κ1) is 27.9. The SMILES string of the molecule is Cc1ccc(C(C(=O)Nc2c(C)cccc2C)N(C(=O)C(C)NC(=O)OC(C)(C)C)C(C)C)cc1. The highest BCUT2D eigenvalue weighted by atomic mass is 16.6. The molecule has 0 aliphatic heterocycles. The number of anilines is 1. The lowest BCUT2D eigenvalue weighted by molar-refractivity contribution is -0.142. The van der Waals surface area contributed by atoms with Gasteiger partial charge in [0.05, 0.1) is 0 Å². The Labute approximate surface area is 209 Å². The van der Waals surface area contributed by atoms with Gasteiger partial charge in [-0.25, -0.2) is 4.79 Å². The van der Waals surface area contributed by atoms with Crippen LogP contribution in [0.2, 0.25) is 0 Å². The number of carbonyl (C=O) groups is 3. The molecule has 2 rings (SSSR count). The topological polar surface area (TPSA) is 87.7 Å². The van der Waals surface area contributed by atoms with E-state index < -0.39 is 23.8 Å². The summed E-state index contributed by atoms with van der Waals surface area (Å²) in [7, 11) is 0. The lowest BCUT2D eigenvalue weighted by Crippen LogP contribution is -2.53. The fraction of sp³-hybridized carbons (Fsp3) is 0.464. The number of amides is 3. The molecule has 7 heteroatoms. The van der Waals surface area contributed by atoms with E-state index in [2.05, 4.69) is 10.6 Å². The van der Waals surface area contributed by atoms with Crippen LogP contribution in [0.25, 0.3) is 0 Å². The number of benzene rings is 2. The molecule has 0 saturated heterocycles. The summed E-state index contributed by atoms with van der Waals surface area (Å²) in [4.78, 5) is 41.2. The molecule has 3 amide bonds. The van der Waals surface area contributed by atoms with Crippen LogP contribution in [0.15, 0.2) is 42.5 Å². The maximum Gasteiger partial charge on any atom is 0.408 e. The largest absolute Gasteiger partial charge is 0.444 e. The summed E-state index contributed by atoms with van der Waals surface area (Å²) in [6.07, 6.45) is -0.686. The van der Waals surface area contributed by atoms with Crippen LogP contribution in [0.4, 0.5) is 10.5 Å². The molecular formula is C28H39N3O4. The summed E-state index contributed by atoms with van der Waals surface area (Å²) >= 11 is 0. The zero-order valence-electron chi connectivity index (χ0n) is 22.4. The van der Waals surface area contributed by atoms with Crippen molar-refractivity contribution < 1.29 is 19.1 Å². The molecule has 0 heterocycles. The van der Waals surface area contributed by atoms with Gasteiger partial charge in [0.2, 0.25) is 5.91 Å². The molecule has 0 aliphatic carbocycles. The third kappa shape index (κ3) is 7.57. The third-order valence-electron chi connectivity index (χ3n) is 5.56. The highest BCUT2D eigenvalue weighted by Gasteiger charge is 2.36. The smallest absolute Gasteiger partial charge is 0.408 e. The summed E-state index contributed by atoms with van der Waals surface area (Å²) in [6, 6.07) is 11.2. The average Bonchev–Trinajstić information content (AvgIpc) is 2.73. The van der Waals surface area contributed by atoms with Crippen molar-refractivity contribution >= 4 is 23.6 Å². The minimum absolute atomic E-state index is 0.319. The second-order valence-corrected chi connectivity index (χ2v) is 10.3. The maximum absolute atomic E-state index is 13.8. The average molecular weight is 482 g/mol. The fourth-order valence-electron chi connectivity index (χ4n) is 3.84. The summed E-state index contributed by atoms with van der Waals surface area (Å²) in [5, 5.41) is 5.66. The number of rotatable bonds is 7. The fourth-order valence-corrected chi connectivity index (χ4v) is 3.84. The van der Waals surface area contributed by atoms with Crippen LogP contribution in [0, 0.1) is 20.8 Å². The van der Waals surface area contributed by atoms with Gasteiger partial charge >= 0.3 is 6.09 Å². The third-order valence-corrected chi connectivity index (χ3v) is 5.56. The Hall–Kier alpha value is -3.35. The number of aryl methyl sites for hydroxylation is 3. The van der Waals surface area contributed by atoms with Crippen molar-refractivity contribution in [3.8, 4) is 0 Å². The van der Waals surface area contributed by atoms with Crippen LogP contribution in [0.1, 0.15) is 69.8 Å². The molecule has 190 valence electrons. The summed E-state index contributed by atoms with van der Waals surface area (Å²) < 4.78 is 5.31. The van der Waals surface area contributed by atoms with Gasteiger partial charge in [0, 0.05) is 11.7 Å². The molecule has 35 heavy (non-hydrogen) atoms. The number of alkyl carbamates (subject to hydrolysis) is 1. The molecule has 0 aliphatic rings. The normalized spacial score (nSPS) is 13.1. The van der Waals surface area contributed by atoms with Gasteiger partial charge in [0.1, 0.15) is 17.7 Å². The van der Waals surface area contributed by atoms with Crippen LogP contribution in [-0.4, -0.2) is 40.5 Å². The predicted octanol–water partition coefficient (Wildman–Crippen LogP) is 5.44. The second kappa shape index (κ2) is 11.4. The Morgan fingerprint density at radius 3 is 1.91 bits per heavy atom. The van der Waals surface area contributed by atoms with E-state index in [4.69, 9.17) is 4.74 Å². The first-order valence-electron chi connectivity index (χ1n) is 12.0. The number of para-hydroxylation sites is 1. The highest BCUT2D eigenvalue weighted by molar-refractivity contribution is 5.99. The zero-order valence-corrected chi connectivity index (χ0v) is 22.4. The first-order chi connectivity index (χ1) is 16.2. The van der Waals surface area contributed by atoms with Gasteiger partial charge < -0.3 is 20.3 Å². The van der Waals surface area contributed by atoms with Crippen molar-refractivity contribution in [2.75, 3.05) is 5.32 Å². The molecule has 2 N–H and O–H groups in total. The summed E-state index contributed by atoms with van der Waals surface area (Å²) in [5.74, 6) is -0.703. The molecule has 2 aromatic rings. The van der Waals surface area contributed by atoms with E-state index in [0.29, 0.717) is 5.56 Å². The molecule has 2 aromatic carbocycles. The van der Waals surface area contributed by atoms with E-state index in [1.54, 1.807) is 27.7 Å². The summed E-state index contributed by atoms with van der Waals surface area (Å²) in [6.45, 7) is 16.4. The van der Waals surface area contributed by atoms with Gasteiger partial charge in [-0.2, -0.15) is 0 Å². The Kier molecular flexibility index (Phi) is 9.07. The highest BCUT2D eigenvalue weighted by Crippen LogP contribution is 2.28. The molecule has 0 saturated carbocycles. The van der Waals surface area contributed by atoms with E-state index in [9.17, 15) is 14.4 Å². The van der Waals surface area contributed by atoms with Crippen molar-refractivity contribution in [2.24, 2.45) is 0 Å². The lowest BCUT2D eigenvalue weighted by atomic mass is 9.99. The molecule has 0 aromatic heterocycles. The van der Waals surface area contributed by atoms with Gasteiger partial charge in [-0.1, -0.05) is 48.0 Å². The Balaban J connectivity index is 2.44. The number of nitrogens with one attached hydrogen (secondary N) is 2. The van der Waals surface area contributed by atoms with E-state index >= 15 is 0 Å². The molecule has 2 unspecified atom stereocenters. The molecule has 7 nitrogen and oxygen atoms in total. The molecule has 2 atom stereocenters. The lowest BCUT2D eigenvalue weighted by Gasteiger charge is -2.36. The van der Waals surface area contributed by atoms with E-state index in [0.717, 1.165) is 22.4 Å². The van der Waals surface area contributed by atoms with Crippen molar-refractivity contribution in [3.05, 3.63) is 64.7 Å². The number of hydrogen-bond donors (Lipinski definition) is 2. The zero-order chi connectivity index (χ0) is 26.5. The minimum atomic E-state index is -0.898. The second-order valence-electron chi connectivity index (χ2n) is 10.3. The van der Waals surface area contributed by atoms with Crippen LogP contribution in [0.5, 0.6) is 0 Å². The van der Waals surface area contributed by atoms with Gasteiger partial charge in [0.25, 0.3) is 5.91 Å². The van der Waals surface area contributed by atoms with Crippen LogP contribution >= 0.6 is 0 Å². The van der Waals surface area contributed by atoms with Crippen LogP contribution in [0.3, 0.4) is 0 Å². The number of ether oxygens (including phenoxy) is 1. The number of nitrogens with zero attached hydrogens (tertiary/aromatic N) is 1. The van der Waals surface area contributed by atoms with Gasteiger partial charge in [0.15, 0.2) is 0 Å². The van der Waals surface area contributed by atoms with Crippen molar-refractivity contribution in [1.82, 2.24) is 10.2 Å². The molecule has 0 spiro atoms. The molecule has 0 bridgehead atoms. The summed E-state index contributed by atoms with van der Waals surface area (Å²) in [5.41, 5.74) is 3.63. The Morgan fingerprint density at radius 1 is 0.886 bits per heavy atom. The van der Waals surface area contributed by atoms with E-state index in [1.807, 2.05) is 77.1 Å². The standard InChI is InChI=1S/C28H39N3O4/c1-17(2)31(26(33)21(6)29-27(34)35-28(7,8)9)24(22-15-13-18(3)14-16-22)25(32)30-23-19(4)11-10-12-20(23)5/h10-17,21,24H,1-9H3,(H,29,34)(H,30,32). The van der Waals surface area contributed by atoms with Gasteiger partial charge in [-0.3, -0.25) is 9.59 Å². The molecule has 0 fully saturated rings. The monoisotopic (exact) mass is 481 g/mol. The minimum Gasteiger partial charge on any atom is -0.444 e. The van der Waals surface area contributed by atoms with Gasteiger partial charge in [-0.05, 0) is 79.0 Å². The van der Waals surface area contributed by atoms with Gasteiger partial charge in [-0.15, -0.1) is 0 Å². The predicted molar refractivity (Wildman–Crippen MR) is 139 cm³/mol. The Morgan fingerprint density at radius 2 is 1.43 bits per heavy atom. The van der Waals surface area contributed by atoms with Crippen LogP contribution < -0.4 is 10.6 Å². The molecule has 0 radical (unpaired) electrons.